The molecule has 1 saturated heterocycles. The van der Waals surface area contributed by atoms with Crippen molar-refractivity contribution in [1.82, 2.24) is 5.32 Å². The summed E-state index contributed by atoms with van der Waals surface area (Å²) in [5.41, 5.74) is 0. The van der Waals surface area contributed by atoms with Gasteiger partial charge in [-0.15, -0.1) is 0 Å². The molecule has 1 fully saturated rings. The molecule has 3 rings (SSSR count). The van der Waals surface area contributed by atoms with Crippen LogP contribution in [0.1, 0.15) is 12.8 Å². The minimum atomic E-state index is -1.02. The number of hydrogen-bond donors (Lipinski definition) is 2. The Morgan fingerprint density at radius 1 is 1.12 bits per heavy atom. The molecule has 24 heavy (non-hydrogen) atoms. The SMILES string of the molecule is O=C(NCCOc1cccc2ccccc12)[C@@H]1CC[C@H](C(=O)O)O1. The second-order valence-electron chi connectivity index (χ2n) is 5.65. The van der Waals surface area contributed by atoms with Crippen LogP contribution < -0.4 is 10.1 Å². The maximum atomic E-state index is 12.0. The number of benzene rings is 2. The van der Waals surface area contributed by atoms with Crippen LogP contribution in [0.3, 0.4) is 0 Å². The summed E-state index contributed by atoms with van der Waals surface area (Å²) in [5, 5.41) is 13.7. The molecule has 6 heteroatoms. The predicted octanol–water partition coefficient (Wildman–Crippen LogP) is 1.97. The van der Waals surface area contributed by atoms with E-state index in [-0.39, 0.29) is 5.91 Å². The summed E-state index contributed by atoms with van der Waals surface area (Å²) in [6.45, 7) is 0.661. The van der Waals surface area contributed by atoms with E-state index in [0.29, 0.717) is 26.0 Å². The first-order valence-corrected chi connectivity index (χ1v) is 7.91. The summed E-state index contributed by atoms with van der Waals surface area (Å²) >= 11 is 0. The number of ether oxygens (including phenoxy) is 2. The first kappa shape index (κ1) is 16.3. The van der Waals surface area contributed by atoms with E-state index in [1.807, 2.05) is 42.5 Å². The number of carbonyl (C=O) groups is 2. The van der Waals surface area contributed by atoms with Crippen molar-refractivity contribution in [3.63, 3.8) is 0 Å². The van der Waals surface area contributed by atoms with Crippen LogP contribution in [0, 0.1) is 0 Å². The molecule has 1 aliphatic heterocycles. The van der Waals surface area contributed by atoms with Gasteiger partial charge in [0.2, 0.25) is 5.91 Å². The van der Waals surface area contributed by atoms with Crippen LogP contribution in [-0.2, 0) is 14.3 Å². The maximum absolute atomic E-state index is 12.0. The first-order valence-electron chi connectivity index (χ1n) is 7.91. The lowest BCUT2D eigenvalue weighted by molar-refractivity contribution is -0.151. The number of hydrogen-bond acceptors (Lipinski definition) is 4. The van der Waals surface area contributed by atoms with Gasteiger partial charge < -0.3 is 19.9 Å². The van der Waals surface area contributed by atoms with Crippen molar-refractivity contribution in [3.8, 4) is 5.75 Å². The summed E-state index contributed by atoms with van der Waals surface area (Å²) in [7, 11) is 0. The quantitative estimate of drug-likeness (QED) is 0.792. The molecular formula is C18H19NO5. The number of aliphatic carboxylic acids is 1. The Hall–Kier alpha value is -2.60. The van der Waals surface area contributed by atoms with E-state index in [2.05, 4.69) is 5.32 Å². The topological polar surface area (TPSA) is 84.9 Å². The van der Waals surface area contributed by atoms with Gasteiger partial charge in [-0.3, -0.25) is 4.79 Å². The second-order valence-corrected chi connectivity index (χ2v) is 5.65. The molecule has 1 amide bonds. The van der Waals surface area contributed by atoms with Crippen molar-refractivity contribution in [1.29, 1.82) is 0 Å². The molecule has 1 aliphatic rings. The van der Waals surface area contributed by atoms with Crippen molar-refractivity contribution in [2.24, 2.45) is 0 Å². The Balaban J connectivity index is 1.47. The minimum absolute atomic E-state index is 0.291. The molecule has 126 valence electrons. The summed E-state index contributed by atoms with van der Waals surface area (Å²) in [6, 6.07) is 13.8. The van der Waals surface area contributed by atoms with Gasteiger partial charge in [-0.25, -0.2) is 4.79 Å². The van der Waals surface area contributed by atoms with Crippen LogP contribution in [0.15, 0.2) is 42.5 Å². The number of carboxylic acid groups (broad SMARTS) is 1. The fraction of sp³-hybridized carbons (Fsp3) is 0.333. The summed E-state index contributed by atoms with van der Waals surface area (Å²) in [5.74, 6) is -0.546. The molecule has 2 aromatic carbocycles. The molecule has 1 heterocycles. The monoisotopic (exact) mass is 329 g/mol. The van der Waals surface area contributed by atoms with Crippen LogP contribution >= 0.6 is 0 Å². The minimum Gasteiger partial charge on any atom is -0.491 e. The fourth-order valence-electron chi connectivity index (χ4n) is 2.78. The van der Waals surface area contributed by atoms with E-state index in [1.54, 1.807) is 0 Å². The van der Waals surface area contributed by atoms with E-state index < -0.39 is 18.2 Å². The number of carboxylic acids is 1. The normalized spacial score (nSPS) is 20.0. The highest BCUT2D eigenvalue weighted by Crippen LogP contribution is 2.25. The van der Waals surface area contributed by atoms with Gasteiger partial charge in [-0.2, -0.15) is 0 Å². The molecule has 0 radical (unpaired) electrons. The highest BCUT2D eigenvalue weighted by atomic mass is 16.5. The molecule has 0 bridgehead atoms. The fourth-order valence-corrected chi connectivity index (χ4v) is 2.78. The number of rotatable bonds is 6. The lowest BCUT2D eigenvalue weighted by Crippen LogP contribution is -2.37. The van der Waals surface area contributed by atoms with Gasteiger partial charge in [0.25, 0.3) is 0 Å². The average Bonchev–Trinajstić information content (AvgIpc) is 3.09. The van der Waals surface area contributed by atoms with Crippen molar-refractivity contribution in [3.05, 3.63) is 42.5 Å². The third-order valence-electron chi connectivity index (χ3n) is 4.00. The lowest BCUT2D eigenvalue weighted by atomic mass is 10.1. The standard InChI is InChI=1S/C18H19NO5/c20-17(15-8-9-16(24-15)18(21)22)19-10-11-23-14-7-3-5-12-4-1-2-6-13(12)14/h1-7,15-16H,8-11H2,(H,19,20)(H,21,22)/t15-,16+/m0/s1. The summed E-state index contributed by atoms with van der Waals surface area (Å²) in [6.07, 6.45) is -0.788. The maximum Gasteiger partial charge on any atom is 0.332 e. The third-order valence-corrected chi connectivity index (χ3v) is 4.00. The molecule has 0 aromatic heterocycles. The molecule has 6 nitrogen and oxygen atoms in total. The zero-order chi connectivity index (χ0) is 16.9. The Bertz CT molecular complexity index is 740. The van der Waals surface area contributed by atoms with Gasteiger partial charge in [0.1, 0.15) is 18.5 Å². The number of nitrogens with one attached hydrogen (secondary N) is 1. The molecule has 2 N–H and O–H groups in total. The molecule has 0 aliphatic carbocycles. The second kappa shape index (κ2) is 7.31. The van der Waals surface area contributed by atoms with Crippen LogP contribution in [0.5, 0.6) is 5.75 Å². The molecule has 0 unspecified atom stereocenters. The van der Waals surface area contributed by atoms with E-state index in [4.69, 9.17) is 14.6 Å². The third kappa shape index (κ3) is 3.65. The Morgan fingerprint density at radius 3 is 2.67 bits per heavy atom. The highest BCUT2D eigenvalue weighted by molar-refractivity contribution is 5.88. The zero-order valence-electron chi connectivity index (χ0n) is 13.1. The van der Waals surface area contributed by atoms with E-state index in [9.17, 15) is 9.59 Å². The van der Waals surface area contributed by atoms with Crippen molar-refractivity contribution in [2.75, 3.05) is 13.2 Å². The lowest BCUT2D eigenvalue weighted by Gasteiger charge is -2.13. The van der Waals surface area contributed by atoms with E-state index in [1.165, 1.54) is 0 Å². The van der Waals surface area contributed by atoms with Crippen LogP contribution in [-0.4, -0.2) is 42.3 Å². The van der Waals surface area contributed by atoms with Crippen molar-refractivity contribution in [2.45, 2.75) is 25.0 Å². The Labute approximate surface area is 139 Å². The smallest absolute Gasteiger partial charge is 0.332 e. The summed E-state index contributed by atoms with van der Waals surface area (Å²) < 4.78 is 10.9. The predicted molar refractivity (Wildman–Crippen MR) is 88.0 cm³/mol. The number of carbonyl (C=O) groups excluding carboxylic acids is 1. The van der Waals surface area contributed by atoms with Crippen molar-refractivity contribution < 1.29 is 24.2 Å². The van der Waals surface area contributed by atoms with Gasteiger partial charge in [-0.05, 0) is 24.3 Å². The molecular weight excluding hydrogens is 310 g/mol. The van der Waals surface area contributed by atoms with Crippen LogP contribution in [0.25, 0.3) is 10.8 Å². The van der Waals surface area contributed by atoms with Gasteiger partial charge in [0, 0.05) is 5.39 Å². The number of amides is 1. The van der Waals surface area contributed by atoms with Crippen LogP contribution in [0.4, 0.5) is 0 Å². The number of fused-ring (bicyclic) bond motifs is 1. The van der Waals surface area contributed by atoms with Gasteiger partial charge >= 0.3 is 5.97 Å². The first-order chi connectivity index (χ1) is 11.6. The van der Waals surface area contributed by atoms with Gasteiger partial charge in [-0.1, -0.05) is 36.4 Å². The largest absolute Gasteiger partial charge is 0.491 e. The molecule has 2 atom stereocenters. The van der Waals surface area contributed by atoms with Gasteiger partial charge in [0.15, 0.2) is 6.10 Å². The van der Waals surface area contributed by atoms with Crippen molar-refractivity contribution >= 4 is 22.6 Å². The molecule has 2 aromatic rings. The highest BCUT2D eigenvalue weighted by Gasteiger charge is 2.34. The Kier molecular flexibility index (Phi) is 4.96. The zero-order valence-corrected chi connectivity index (χ0v) is 13.1. The van der Waals surface area contributed by atoms with E-state index in [0.717, 1.165) is 16.5 Å². The van der Waals surface area contributed by atoms with E-state index >= 15 is 0 Å². The average molecular weight is 329 g/mol. The van der Waals surface area contributed by atoms with Gasteiger partial charge in [0.05, 0.1) is 6.54 Å². The molecule has 0 saturated carbocycles. The molecule has 0 spiro atoms. The van der Waals surface area contributed by atoms with Crippen LogP contribution in [0.2, 0.25) is 0 Å². The Morgan fingerprint density at radius 2 is 1.88 bits per heavy atom. The summed E-state index contributed by atoms with van der Waals surface area (Å²) in [4.78, 5) is 22.8.